The van der Waals surface area contributed by atoms with Gasteiger partial charge in [0, 0.05) is 25.7 Å². The summed E-state index contributed by atoms with van der Waals surface area (Å²) < 4.78 is 0. The Labute approximate surface area is 114 Å². The number of nitrogens with one attached hydrogen (secondary N) is 1. The number of carboxylic acids is 1. The molecule has 0 aromatic carbocycles. The summed E-state index contributed by atoms with van der Waals surface area (Å²) in [5.41, 5.74) is 0. The number of rotatable bonds is 6. The predicted octanol–water partition coefficient (Wildman–Crippen LogP) is 0.833. The number of aliphatic carboxylic acids is 1. The molecule has 2 atom stereocenters. The molecule has 1 aliphatic heterocycles. The van der Waals surface area contributed by atoms with Gasteiger partial charge in [0.2, 0.25) is 0 Å². The van der Waals surface area contributed by atoms with Crippen molar-refractivity contribution in [3.8, 4) is 0 Å². The number of hydrogen-bond acceptors (Lipinski definition) is 3. The minimum absolute atomic E-state index is 0.150. The zero-order valence-corrected chi connectivity index (χ0v) is 12.1. The van der Waals surface area contributed by atoms with Gasteiger partial charge in [0.05, 0.1) is 5.92 Å². The first-order valence-electron chi connectivity index (χ1n) is 7.00. The maximum Gasteiger partial charge on any atom is 0.317 e. The van der Waals surface area contributed by atoms with Crippen molar-refractivity contribution in [2.45, 2.75) is 33.2 Å². The molecule has 0 spiro atoms. The van der Waals surface area contributed by atoms with Crippen LogP contribution >= 0.6 is 0 Å². The van der Waals surface area contributed by atoms with Gasteiger partial charge in [-0.25, -0.2) is 4.79 Å². The average Bonchev–Trinajstić information content (AvgIpc) is 2.76. The van der Waals surface area contributed by atoms with Gasteiger partial charge in [0.25, 0.3) is 0 Å². The summed E-state index contributed by atoms with van der Waals surface area (Å²) in [7, 11) is 0. The third-order valence-electron chi connectivity index (χ3n) is 3.93. The zero-order valence-electron chi connectivity index (χ0n) is 12.1. The molecule has 6 heteroatoms. The summed E-state index contributed by atoms with van der Waals surface area (Å²) in [5, 5.41) is 11.9. The Bertz CT molecular complexity index is 318. The third kappa shape index (κ3) is 4.09. The molecule has 0 aliphatic carbocycles. The molecule has 0 radical (unpaired) electrons. The Balaban J connectivity index is 2.36. The molecule has 0 aromatic heterocycles. The summed E-state index contributed by atoms with van der Waals surface area (Å²) in [5.74, 6) is -1.25. The first kappa shape index (κ1) is 15.8. The Morgan fingerprint density at radius 2 is 2.00 bits per heavy atom. The smallest absolute Gasteiger partial charge is 0.317 e. The Hall–Kier alpha value is -1.30. The summed E-state index contributed by atoms with van der Waals surface area (Å²) in [6.07, 6.45) is 0.542. The molecule has 1 fully saturated rings. The van der Waals surface area contributed by atoms with Crippen LogP contribution in [0.15, 0.2) is 0 Å². The molecular formula is C13H25N3O3. The fraction of sp³-hybridized carbons (Fsp3) is 0.846. The second-order valence-electron chi connectivity index (χ2n) is 4.93. The lowest BCUT2D eigenvalue weighted by molar-refractivity contribution is -0.142. The number of likely N-dealkylation sites (N-methyl/N-ethyl adjacent to an activating group) is 1. The van der Waals surface area contributed by atoms with Crippen LogP contribution in [0.3, 0.4) is 0 Å². The molecule has 0 saturated carbocycles. The van der Waals surface area contributed by atoms with Crippen molar-refractivity contribution >= 4 is 12.0 Å². The van der Waals surface area contributed by atoms with Crippen LogP contribution in [0.2, 0.25) is 0 Å². The highest BCUT2D eigenvalue weighted by Gasteiger charge is 2.37. The third-order valence-corrected chi connectivity index (χ3v) is 3.93. The molecular weight excluding hydrogens is 246 g/mol. The van der Waals surface area contributed by atoms with Crippen LogP contribution < -0.4 is 5.32 Å². The molecule has 2 unspecified atom stereocenters. The van der Waals surface area contributed by atoms with Gasteiger partial charge in [0.1, 0.15) is 0 Å². The number of carbonyl (C=O) groups is 2. The minimum Gasteiger partial charge on any atom is -0.481 e. The van der Waals surface area contributed by atoms with Crippen molar-refractivity contribution < 1.29 is 14.7 Å². The van der Waals surface area contributed by atoms with E-state index in [1.54, 1.807) is 11.8 Å². The number of urea groups is 1. The highest BCUT2D eigenvalue weighted by atomic mass is 16.4. The van der Waals surface area contributed by atoms with Crippen LogP contribution in [0.4, 0.5) is 4.79 Å². The lowest BCUT2D eigenvalue weighted by Gasteiger charge is -2.24. The topological polar surface area (TPSA) is 72.9 Å². The van der Waals surface area contributed by atoms with E-state index in [1.165, 1.54) is 0 Å². The van der Waals surface area contributed by atoms with Gasteiger partial charge in [0.15, 0.2) is 0 Å². The van der Waals surface area contributed by atoms with E-state index >= 15 is 0 Å². The SMILES string of the molecule is CCN(CC)CCNC(=O)N1CCC(C(=O)O)C1C. The summed E-state index contributed by atoms with van der Waals surface area (Å²) in [4.78, 5) is 26.8. The van der Waals surface area contributed by atoms with E-state index in [0.717, 1.165) is 19.6 Å². The van der Waals surface area contributed by atoms with Gasteiger partial charge in [-0.05, 0) is 26.4 Å². The fourth-order valence-electron chi connectivity index (χ4n) is 2.52. The summed E-state index contributed by atoms with van der Waals surface area (Å²) in [6.45, 7) is 9.85. The van der Waals surface area contributed by atoms with Crippen molar-refractivity contribution in [3.63, 3.8) is 0 Å². The Morgan fingerprint density at radius 3 is 2.47 bits per heavy atom. The van der Waals surface area contributed by atoms with Crippen molar-refractivity contribution in [2.75, 3.05) is 32.7 Å². The number of nitrogens with zero attached hydrogens (tertiary/aromatic N) is 2. The van der Waals surface area contributed by atoms with Crippen LogP contribution in [0.25, 0.3) is 0 Å². The quantitative estimate of drug-likeness (QED) is 0.750. The van der Waals surface area contributed by atoms with Crippen LogP contribution in [0, 0.1) is 5.92 Å². The standard InChI is InChI=1S/C13H25N3O3/c1-4-15(5-2)9-7-14-13(19)16-8-6-11(10(16)3)12(17)18/h10-11H,4-9H2,1-3H3,(H,14,19)(H,17,18). The zero-order chi connectivity index (χ0) is 14.4. The van der Waals surface area contributed by atoms with Crippen molar-refractivity contribution in [1.82, 2.24) is 15.1 Å². The molecule has 1 aliphatic rings. The van der Waals surface area contributed by atoms with Crippen LogP contribution in [0.1, 0.15) is 27.2 Å². The van der Waals surface area contributed by atoms with Gasteiger partial charge in [-0.2, -0.15) is 0 Å². The Kier molecular flexibility index (Phi) is 6.08. The van der Waals surface area contributed by atoms with Gasteiger partial charge in [-0.15, -0.1) is 0 Å². The van der Waals surface area contributed by atoms with Crippen molar-refractivity contribution in [1.29, 1.82) is 0 Å². The molecule has 0 aromatic rings. The lowest BCUT2D eigenvalue weighted by atomic mass is 10.0. The number of likely N-dealkylation sites (tertiary alicyclic amines) is 1. The molecule has 6 nitrogen and oxygen atoms in total. The largest absolute Gasteiger partial charge is 0.481 e. The number of hydrogen-bond donors (Lipinski definition) is 2. The minimum atomic E-state index is -0.814. The van der Waals surface area contributed by atoms with Gasteiger partial charge >= 0.3 is 12.0 Å². The first-order chi connectivity index (χ1) is 9.01. The average molecular weight is 271 g/mol. The molecule has 110 valence electrons. The molecule has 2 N–H and O–H groups in total. The lowest BCUT2D eigenvalue weighted by Crippen LogP contribution is -2.45. The predicted molar refractivity (Wildman–Crippen MR) is 73.1 cm³/mol. The maximum atomic E-state index is 12.0. The monoisotopic (exact) mass is 271 g/mol. The number of carbonyl (C=O) groups excluding carboxylic acids is 1. The van der Waals surface area contributed by atoms with Crippen molar-refractivity contribution in [3.05, 3.63) is 0 Å². The number of amides is 2. The van der Waals surface area contributed by atoms with E-state index in [1.807, 2.05) is 0 Å². The number of carboxylic acid groups (broad SMARTS) is 1. The molecule has 1 heterocycles. The van der Waals surface area contributed by atoms with Gasteiger partial charge < -0.3 is 20.2 Å². The molecule has 1 saturated heterocycles. The highest BCUT2D eigenvalue weighted by Crippen LogP contribution is 2.24. The van der Waals surface area contributed by atoms with E-state index in [2.05, 4.69) is 24.1 Å². The maximum absolute atomic E-state index is 12.0. The van der Waals surface area contributed by atoms with E-state index in [9.17, 15) is 9.59 Å². The molecule has 0 bridgehead atoms. The van der Waals surface area contributed by atoms with Gasteiger partial charge in [-0.3, -0.25) is 4.79 Å². The van der Waals surface area contributed by atoms with Crippen molar-refractivity contribution in [2.24, 2.45) is 5.92 Å². The van der Waals surface area contributed by atoms with E-state index in [0.29, 0.717) is 19.5 Å². The van der Waals surface area contributed by atoms with E-state index in [-0.39, 0.29) is 12.1 Å². The second kappa shape index (κ2) is 7.33. The highest BCUT2D eigenvalue weighted by molar-refractivity contribution is 5.78. The molecule has 2 amide bonds. The first-order valence-corrected chi connectivity index (χ1v) is 7.00. The normalized spacial score (nSPS) is 22.8. The fourth-order valence-corrected chi connectivity index (χ4v) is 2.52. The van der Waals surface area contributed by atoms with Crippen LogP contribution in [-0.2, 0) is 4.79 Å². The molecule has 1 rings (SSSR count). The summed E-state index contributed by atoms with van der Waals surface area (Å²) >= 11 is 0. The van der Waals surface area contributed by atoms with Crippen LogP contribution in [0.5, 0.6) is 0 Å². The second-order valence-corrected chi connectivity index (χ2v) is 4.93. The molecule has 19 heavy (non-hydrogen) atoms. The van der Waals surface area contributed by atoms with Gasteiger partial charge in [-0.1, -0.05) is 13.8 Å². The van der Waals surface area contributed by atoms with E-state index in [4.69, 9.17) is 5.11 Å². The Morgan fingerprint density at radius 1 is 1.37 bits per heavy atom. The van der Waals surface area contributed by atoms with E-state index < -0.39 is 11.9 Å². The summed E-state index contributed by atoms with van der Waals surface area (Å²) in [6, 6.07) is -0.380. The van der Waals surface area contributed by atoms with Crippen LogP contribution in [-0.4, -0.2) is 65.7 Å².